The summed E-state index contributed by atoms with van der Waals surface area (Å²) in [5, 5.41) is 0. The van der Waals surface area contributed by atoms with Crippen molar-refractivity contribution < 1.29 is 9.18 Å². The zero-order chi connectivity index (χ0) is 13.3. The number of halogens is 2. The molecule has 2 aromatic rings. The van der Waals surface area contributed by atoms with Gasteiger partial charge in [0.15, 0.2) is 0 Å². The molecule has 0 saturated heterocycles. The van der Waals surface area contributed by atoms with Crippen LogP contribution in [0.2, 0.25) is 0 Å². The first-order valence-electron chi connectivity index (χ1n) is 5.56. The molecule has 1 amide bonds. The second-order valence-electron chi connectivity index (χ2n) is 4.05. The number of nitrogens with zero attached hydrogens (tertiary/aromatic N) is 2. The van der Waals surface area contributed by atoms with Crippen molar-refractivity contribution in [2.45, 2.75) is 19.4 Å². The number of hydrogen-bond donors (Lipinski definition) is 1. The maximum Gasteiger partial charge on any atom is 0.240 e. The molecule has 0 fully saturated rings. The van der Waals surface area contributed by atoms with Gasteiger partial charge >= 0.3 is 0 Å². The molecule has 96 valence electrons. The molecule has 1 unspecified atom stereocenters. The normalized spacial score (nSPS) is 12.8. The number of primary amides is 1. The van der Waals surface area contributed by atoms with E-state index in [0.717, 1.165) is 0 Å². The molecule has 0 aliphatic heterocycles. The van der Waals surface area contributed by atoms with Crippen LogP contribution >= 0.6 is 11.6 Å². The van der Waals surface area contributed by atoms with Gasteiger partial charge in [-0.2, -0.15) is 0 Å². The quantitative estimate of drug-likeness (QED) is 0.863. The number of amides is 1. The maximum absolute atomic E-state index is 13.3. The fraction of sp³-hybridized carbons (Fsp3) is 0.333. The molecule has 1 aromatic heterocycles. The number of carbonyl (C=O) groups is 1. The van der Waals surface area contributed by atoms with Crippen LogP contribution in [0.1, 0.15) is 18.8 Å². The van der Waals surface area contributed by atoms with Gasteiger partial charge in [0.1, 0.15) is 17.7 Å². The third kappa shape index (κ3) is 2.18. The Morgan fingerprint density at radius 3 is 2.94 bits per heavy atom. The summed E-state index contributed by atoms with van der Waals surface area (Å²) in [6, 6.07) is 3.67. The highest BCUT2D eigenvalue weighted by molar-refractivity contribution is 6.17. The van der Waals surface area contributed by atoms with Crippen molar-refractivity contribution in [2.75, 3.05) is 5.88 Å². The SMILES string of the molecule is CC(C(N)=O)n1c(CCCl)nc2ccc(F)cc21. The van der Waals surface area contributed by atoms with Gasteiger partial charge in [0.2, 0.25) is 5.91 Å². The van der Waals surface area contributed by atoms with E-state index >= 15 is 0 Å². The van der Waals surface area contributed by atoms with Gasteiger partial charge in [-0.3, -0.25) is 4.79 Å². The largest absolute Gasteiger partial charge is 0.368 e. The smallest absolute Gasteiger partial charge is 0.240 e. The molecule has 6 heteroatoms. The number of imidazole rings is 1. The minimum atomic E-state index is -0.588. The third-order valence-corrected chi connectivity index (χ3v) is 3.03. The van der Waals surface area contributed by atoms with Crippen molar-refractivity contribution in [1.29, 1.82) is 0 Å². The Morgan fingerprint density at radius 2 is 2.33 bits per heavy atom. The molecule has 1 aromatic carbocycles. The summed E-state index contributed by atoms with van der Waals surface area (Å²) in [7, 11) is 0. The molecule has 4 nitrogen and oxygen atoms in total. The van der Waals surface area contributed by atoms with E-state index in [0.29, 0.717) is 29.2 Å². The number of carbonyl (C=O) groups excluding carboxylic acids is 1. The van der Waals surface area contributed by atoms with Gasteiger partial charge in [0, 0.05) is 12.3 Å². The molecule has 0 spiro atoms. The van der Waals surface area contributed by atoms with Crippen molar-refractivity contribution in [3.63, 3.8) is 0 Å². The Balaban J connectivity index is 2.67. The van der Waals surface area contributed by atoms with Gasteiger partial charge in [-0.1, -0.05) is 0 Å². The van der Waals surface area contributed by atoms with Crippen LogP contribution in [0.4, 0.5) is 4.39 Å². The first-order valence-corrected chi connectivity index (χ1v) is 6.09. The van der Waals surface area contributed by atoms with E-state index in [1.807, 2.05) is 0 Å². The molecule has 2 rings (SSSR count). The van der Waals surface area contributed by atoms with Crippen LogP contribution in [-0.2, 0) is 11.2 Å². The highest BCUT2D eigenvalue weighted by Crippen LogP contribution is 2.22. The highest BCUT2D eigenvalue weighted by Gasteiger charge is 2.19. The zero-order valence-corrected chi connectivity index (χ0v) is 10.6. The molecule has 0 bridgehead atoms. The molecule has 1 heterocycles. The third-order valence-electron chi connectivity index (χ3n) is 2.84. The minimum Gasteiger partial charge on any atom is -0.368 e. The van der Waals surface area contributed by atoms with Crippen molar-refractivity contribution in [2.24, 2.45) is 5.73 Å². The first kappa shape index (κ1) is 12.8. The van der Waals surface area contributed by atoms with E-state index in [4.69, 9.17) is 17.3 Å². The fourth-order valence-corrected chi connectivity index (χ4v) is 2.11. The van der Waals surface area contributed by atoms with Gasteiger partial charge in [-0.25, -0.2) is 9.37 Å². The highest BCUT2D eigenvalue weighted by atomic mass is 35.5. The predicted octanol–water partition coefficient (Wildman–Crippen LogP) is 2.00. The summed E-state index contributed by atoms with van der Waals surface area (Å²) in [4.78, 5) is 15.7. The van der Waals surface area contributed by atoms with Crippen molar-refractivity contribution in [1.82, 2.24) is 9.55 Å². The molecule has 0 aliphatic rings. The summed E-state index contributed by atoms with van der Waals surface area (Å²) < 4.78 is 14.9. The number of rotatable bonds is 4. The van der Waals surface area contributed by atoms with Crippen LogP contribution in [0.3, 0.4) is 0 Å². The number of hydrogen-bond acceptors (Lipinski definition) is 2. The Labute approximate surface area is 109 Å². The zero-order valence-electron chi connectivity index (χ0n) is 9.86. The van der Waals surface area contributed by atoms with Crippen LogP contribution < -0.4 is 5.73 Å². The van der Waals surface area contributed by atoms with Gasteiger partial charge in [-0.15, -0.1) is 11.6 Å². The summed E-state index contributed by atoms with van der Waals surface area (Å²) in [6.45, 7) is 1.66. The van der Waals surface area contributed by atoms with E-state index in [1.54, 1.807) is 17.6 Å². The van der Waals surface area contributed by atoms with Crippen LogP contribution in [0.25, 0.3) is 11.0 Å². The van der Waals surface area contributed by atoms with Gasteiger partial charge in [0.05, 0.1) is 11.0 Å². The lowest BCUT2D eigenvalue weighted by atomic mass is 10.2. The van der Waals surface area contributed by atoms with Crippen LogP contribution in [0.15, 0.2) is 18.2 Å². The Bertz CT molecular complexity index is 596. The Kier molecular flexibility index (Phi) is 3.52. The predicted molar refractivity (Wildman–Crippen MR) is 68.0 cm³/mol. The minimum absolute atomic E-state index is 0.372. The van der Waals surface area contributed by atoms with Crippen molar-refractivity contribution in [3.05, 3.63) is 29.8 Å². The van der Waals surface area contributed by atoms with Crippen LogP contribution in [-0.4, -0.2) is 21.3 Å². The summed E-state index contributed by atoms with van der Waals surface area (Å²) in [5.41, 5.74) is 6.49. The molecule has 18 heavy (non-hydrogen) atoms. The Morgan fingerprint density at radius 1 is 1.61 bits per heavy atom. The summed E-state index contributed by atoms with van der Waals surface area (Å²) in [5.74, 6) is 0.140. The molecule has 0 radical (unpaired) electrons. The standard InChI is InChI=1S/C12H13ClFN3O/c1-7(12(15)18)17-10-6-8(14)2-3-9(10)16-11(17)4-5-13/h2-3,6-7H,4-5H2,1H3,(H2,15,18). The Hall–Kier alpha value is -1.62. The number of nitrogens with two attached hydrogens (primary N) is 1. The van der Waals surface area contributed by atoms with Gasteiger partial charge < -0.3 is 10.3 Å². The van der Waals surface area contributed by atoms with Crippen LogP contribution in [0, 0.1) is 5.82 Å². The number of benzene rings is 1. The molecule has 0 aliphatic carbocycles. The summed E-state index contributed by atoms with van der Waals surface area (Å²) >= 11 is 5.71. The topological polar surface area (TPSA) is 60.9 Å². The first-order chi connectivity index (χ1) is 8.54. The molecular weight excluding hydrogens is 257 g/mol. The lowest BCUT2D eigenvalue weighted by molar-refractivity contribution is -0.120. The number of alkyl halides is 1. The van der Waals surface area contributed by atoms with Crippen LogP contribution in [0.5, 0.6) is 0 Å². The second-order valence-corrected chi connectivity index (χ2v) is 4.43. The molecule has 2 N–H and O–H groups in total. The van der Waals surface area contributed by atoms with Gasteiger partial charge in [0.25, 0.3) is 0 Å². The van der Waals surface area contributed by atoms with Crippen molar-refractivity contribution in [3.8, 4) is 0 Å². The molecule has 1 atom stereocenters. The fourth-order valence-electron chi connectivity index (χ4n) is 1.94. The number of aryl methyl sites for hydroxylation is 1. The lowest BCUT2D eigenvalue weighted by Gasteiger charge is -2.13. The average Bonchev–Trinajstić information content (AvgIpc) is 2.66. The number of fused-ring (bicyclic) bond motifs is 1. The monoisotopic (exact) mass is 269 g/mol. The second kappa shape index (κ2) is 4.94. The molecule has 0 saturated carbocycles. The van der Waals surface area contributed by atoms with E-state index in [2.05, 4.69) is 4.98 Å². The van der Waals surface area contributed by atoms with E-state index in [9.17, 15) is 9.18 Å². The summed E-state index contributed by atoms with van der Waals surface area (Å²) in [6.07, 6.45) is 0.496. The van der Waals surface area contributed by atoms with E-state index < -0.39 is 11.9 Å². The van der Waals surface area contributed by atoms with E-state index in [-0.39, 0.29) is 5.82 Å². The molecular formula is C12H13ClFN3O. The van der Waals surface area contributed by atoms with Crippen molar-refractivity contribution >= 4 is 28.5 Å². The van der Waals surface area contributed by atoms with Gasteiger partial charge in [-0.05, 0) is 25.1 Å². The average molecular weight is 270 g/mol. The van der Waals surface area contributed by atoms with E-state index in [1.165, 1.54) is 12.1 Å². The maximum atomic E-state index is 13.3. The number of aromatic nitrogens is 2. The lowest BCUT2D eigenvalue weighted by Crippen LogP contribution is -2.25.